The van der Waals surface area contributed by atoms with Crippen molar-refractivity contribution in [3.05, 3.63) is 59.7 Å². The lowest BCUT2D eigenvalue weighted by atomic mass is 10.2. The van der Waals surface area contributed by atoms with Crippen LogP contribution in [0.2, 0.25) is 0 Å². The maximum Gasteiger partial charge on any atom is 0.243 e. The third-order valence-electron chi connectivity index (χ3n) is 4.84. The van der Waals surface area contributed by atoms with Crippen LogP contribution in [0.5, 0.6) is 0 Å². The van der Waals surface area contributed by atoms with Crippen LogP contribution in [0.25, 0.3) is 0 Å². The molecule has 2 aromatic rings. The first kappa shape index (κ1) is 20.3. The van der Waals surface area contributed by atoms with Crippen molar-refractivity contribution < 1.29 is 13.2 Å². The lowest BCUT2D eigenvalue weighted by Gasteiger charge is -2.25. The Morgan fingerprint density at radius 1 is 1.18 bits per heavy atom. The predicted molar refractivity (Wildman–Crippen MR) is 108 cm³/mol. The molecule has 0 aromatic heterocycles. The van der Waals surface area contributed by atoms with E-state index in [2.05, 4.69) is 0 Å². The van der Waals surface area contributed by atoms with E-state index in [4.69, 9.17) is 10.00 Å². The van der Waals surface area contributed by atoms with Crippen molar-refractivity contribution >= 4 is 15.7 Å². The summed E-state index contributed by atoms with van der Waals surface area (Å²) in [5.74, 6) is 0. The fraction of sp³-hybridized carbons (Fsp3) is 0.381. The molecule has 0 unspecified atom stereocenters. The molecule has 7 heteroatoms. The van der Waals surface area contributed by atoms with E-state index in [-0.39, 0.29) is 17.5 Å². The summed E-state index contributed by atoms with van der Waals surface area (Å²) in [6.45, 7) is 1.22. The summed E-state index contributed by atoms with van der Waals surface area (Å²) in [4.78, 5) is 2.13. The third kappa shape index (κ3) is 4.71. The highest BCUT2D eigenvalue weighted by Crippen LogP contribution is 2.23. The summed E-state index contributed by atoms with van der Waals surface area (Å²) in [6, 6.07) is 16.0. The molecule has 1 atom stereocenters. The summed E-state index contributed by atoms with van der Waals surface area (Å²) in [5.41, 5.74) is 2.29. The van der Waals surface area contributed by atoms with Crippen LogP contribution in [-0.4, -0.2) is 46.1 Å². The number of nitriles is 1. The molecule has 2 aromatic carbocycles. The Bertz CT molecular complexity index is 944. The Labute approximate surface area is 167 Å². The lowest BCUT2D eigenvalue weighted by molar-refractivity contribution is 0.0926. The maximum atomic E-state index is 13.3. The van der Waals surface area contributed by atoms with Crippen LogP contribution in [0, 0.1) is 11.3 Å². The fourth-order valence-corrected chi connectivity index (χ4v) is 4.75. The normalized spacial score (nSPS) is 16.9. The molecular weight excluding hydrogens is 374 g/mol. The molecule has 1 saturated heterocycles. The molecule has 1 aliphatic heterocycles. The van der Waals surface area contributed by atoms with Gasteiger partial charge in [0.1, 0.15) is 0 Å². The summed E-state index contributed by atoms with van der Waals surface area (Å²) in [7, 11) is 0.173. The average Bonchev–Trinajstić information content (AvgIpc) is 3.21. The van der Waals surface area contributed by atoms with Gasteiger partial charge in [0.2, 0.25) is 10.0 Å². The van der Waals surface area contributed by atoms with Gasteiger partial charge in [0.05, 0.1) is 22.6 Å². The molecule has 148 valence electrons. The number of hydrogen-bond acceptors (Lipinski definition) is 5. The second-order valence-electron chi connectivity index (χ2n) is 7.13. The zero-order valence-electron chi connectivity index (χ0n) is 16.2. The first-order valence-corrected chi connectivity index (χ1v) is 10.7. The number of hydrogen-bond donors (Lipinski definition) is 0. The first-order chi connectivity index (χ1) is 13.4. The Balaban J connectivity index is 1.90. The van der Waals surface area contributed by atoms with E-state index in [1.165, 1.54) is 16.4 Å². The van der Waals surface area contributed by atoms with Crippen molar-refractivity contribution in [2.45, 2.75) is 30.4 Å². The number of nitrogens with zero attached hydrogens (tertiary/aromatic N) is 3. The molecule has 1 aliphatic rings. The van der Waals surface area contributed by atoms with Gasteiger partial charge in [-0.05, 0) is 48.7 Å². The van der Waals surface area contributed by atoms with Gasteiger partial charge in [-0.2, -0.15) is 9.57 Å². The molecule has 3 rings (SSSR count). The van der Waals surface area contributed by atoms with E-state index < -0.39 is 10.0 Å². The molecule has 6 nitrogen and oxygen atoms in total. The Morgan fingerprint density at radius 3 is 2.54 bits per heavy atom. The monoisotopic (exact) mass is 399 g/mol. The maximum absolute atomic E-state index is 13.3. The first-order valence-electron chi connectivity index (χ1n) is 9.28. The molecule has 0 bridgehead atoms. The minimum Gasteiger partial charge on any atom is -0.378 e. The molecule has 0 amide bonds. The van der Waals surface area contributed by atoms with Gasteiger partial charge in [-0.25, -0.2) is 8.42 Å². The molecule has 0 radical (unpaired) electrons. The van der Waals surface area contributed by atoms with Crippen LogP contribution in [0.15, 0.2) is 53.4 Å². The van der Waals surface area contributed by atoms with Crippen molar-refractivity contribution in [2.24, 2.45) is 0 Å². The molecule has 0 N–H and O–H groups in total. The molecule has 1 heterocycles. The summed E-state index contributed by atoms with van der Waals surface area (Å²) < 4.78 is 33.8. The van der Waals surface area contributed by atoms with Gasteiger partial charge in [0.25, 0.3) is 0 Å². The van der Waals surface area contributed by atoms with E-state index in [0.717, 1.165) is 24.1 Å². The average molecular weight is 400 g/mol. The second-order valence-corrected chi connectivity index (χ2v) is 9.07. The van der Waals surface area contributed by atoms with E-state index in [0.29, 0.717) is 18.7 Å². The highest BCUT2D eigenvalue weighted by molar-refractivity contribution is 7.89. The van der Waals surface area contributed by atoms with Gasteiger partial charge in [-0.15, -0.1) is 0 Å². The Hall–Kier alpha value is -2.40. The minimum atomic E-state index is -3.75. The van der Waals surface area contributed by atoms with E-state index >= 15 is 0 Å². The lowest BCUT2D eigenvalue weighted by Crippen LogP contribution is -2.37. The highest BCUT2D eigenvalue weighted by atomic mass is 32.2. The van der Waals surface area contributed by atoms with Gasteiger partial charge >= 0.3 is 0 Å². The van der Waals surface area contributed by atoms with Gasteiger partial charge < -0.3 is 9.64 Å². The van der Waals surface area contributed by atoms with Crippen LogP contribution >= 0.6 is 0 Å². The van der Waals surface area contributed by atoms with Crippen LogP contribution in [0.1, 0.15) is 24.0 Å². The molecule has 0 saturated carbocycles. The Kier molecular flexibility index (Phi) is 6.35. The molecule has 28 heavy (non-hydrogen) atoms. The van der Waals surface area contributed by atoms with E-state index in [1.54, 1.807) is 12.1 Å². The molecule has 1 fully saturated rings. The molecule has 0 spiro atoms. The standard InChI is InChI=1S/C21H25N3O3S/c1-23(2)19-10-8-17(9-11-19)15-24(16-20-6-4-12-27-20)28(25,26)21-7-3-5-18(13-21)14-22/h3,5,7-11,13,20H,4,6,12,15-16H2,1-2H3/t20-/m0/s1. The number of ether oxygens (including phenoxy) is 1. The van der Waals surface area contributed by atoms with Crippen molar-refractivity contribution in [2.75, 3.05) is 32.1 Å². The van der Waals surface area contributed by atoms with Gasteiger partial charge in [0, 0.05) is 39.5 Å². The van der Waals surface area contributed by atoms with Crippen LogP contribution in [0.3, 0.4) is 0 Å². The van der Waals surface area contributed by atoms with Crippen molar-refractivity contribution in [1.29, 1.82) is 5.26 Å². The van der Waals surface area contributed by atoms with Gasteiger partial charge in [-0.1, -0.05) is 18.2 Å². The van der Waals surface area contributed by atoms with E-state index in [1.807, 2.05) is 49.3 Å². The summed E-state index contributed by atoms with van der Waals surface area (Å²) >= 11 is 0. The predicted octanol–water partition coefficient (Wildman–Crippen LogP) is 2.99. The SMILES string of the molecule is CN(C)c1ccc(CN(C[C@@H]2CCCO2)S(=O)(=O)c2cccc(C#N)c2)cc1. The quantitative estimate of drug-likeness (QED) is 0.716. The molecule has 0 aliphatic carbocycles. The number of benzene rings is 2. The van der Waals surface area contributed by atoms with Gasteiger partial charge in [0.15, 0.2) is 0 Å². The number of sulfonamides is 1. The number of anilines is 1. The summed E-state index contributed by atoms with van der Waals surface area (Å²) in [6.07, 6.45) is 1.69. The second kappa shape index (κ2) is 8.74. The molecular formula is C21H25N3O3S. The van der Waals surface area contributed by atoms with Crippen molar-refractivity contribution in [1.82, 2.24) is 4.31 Å². The largest absolute Gasteiger partial charge is 0.378 e. The van der Waals surface area contributed by atoms with Crippen molar-refractivity contribution in [3.8, 4) is 6.07 Å². The smallest absolute Gasteiger partial charge is 0.243 e. The topological polar surface area (TPSA) is 73.6 Å². The minimum absolute atomic E-state index is 0.102. The van der Waals surface area contributed by atoms with Crippen molar-refractivity contribution in [3.63, 3.8) is 0 Å². The van der Waals surface area contributed by atoms with Crippen LogP contribution < -0.4 is 4.90 Å². The number of rotatable bonds is 7. The van der Waals surface area contributed by atoms with Crippen LogP contribution in [0.4, 0.5) is 5.69 Å². The summed E-state index contributed by atoms with van der Waals surface area (Å²) in [5, 5.41) is 9.12. The zero-order chi connectivity index (χ0) is 20.1. The third-order valence-corrected chi connectivity index (χ3v) is 6.65. The zero-order valence-corrected chi connectivity index (χ0v) is 17.0. The van der Waals surface area contributed by atoms with Crippen LogP contribution in [-0.2, 0) is 21.3 Å². The fourth-order valence-electron chi connectivity index (χ4n) is 3.24. The Morgan fingerprint density at radius 2 is 1.93 bits per heavy atom. The van der Waals surface area contributed by atoms with Gasteiger partial charge in [-0.3, -0.25) is 0 Å². The van der Waals surface area contributed by atoms with E-state index in [9.17, 15) is 8.42 Å². The highest BCUT2D eigenvalue weighted by Gasteiger charge is 2.29.